The second-order valence-corrected chi connectivity index (χ2v) is 4.47. The van der Waals surface area contributed by atoms with Crippen molar-refractivity contribution in [1.29, 1.82) is 0 Å². The number of fused-ring (bicyclic) bond motifs is 1. The molecule has 1 amide bonds. The fourth-order valence-electron chi connectivity index (χ4n) is 2.19. The highest BCUT2D eigenvalue weighted by Gasteiger charge is 2.45. The summed E-state index contributed by atoms with van der Waals surface area (Å²) in [6, 6.07) is 3.67. The Morgan fingerprint density at radius 2 is 2.19 bits per heavy atom. The van der Waals surface area contributed by atoms with Gasteiger partial charge in [-0.25, -0.2) is 0 Å². The zero-order valence-corrected chi connectivity index (χ0v) is 9.04. The lowest BCUT2D eigenvalue weighted by molar-refractivity contribution is -0.115. The minimum Gasteiger partial charge on any atom is -0.497 e. The molecule has 1 saturated carbocycles. The normalized spacial score (nSPS) is 20.2. The molecule has 0 spiro atoms. The first-order valence-corrected chi connectivity index (χ1v) is 5.36. The molecule has 1 aliphatic carbocycles. The summed E-state index contributed by atoms with van der Waals surface area (Å²) in [5.41, 5.74) is 1.74. The van der Waals surface area contributed by atoms with Crippen LogP contribution in [-0.2, 0) is 16.8 Å². The predicted octanol–water partition coefficient (Wildman–Crippen LogP) is 1.17. The van der Waals surface area contributed by atoms with E-state index in [4.69, 9.17) is 4.74 Å². The molecule has 1 fully saturated rings. The number of carbonyl (C=O) groups excluding carboxylic acids is 1. The maximum atomic E-state index is 11.4. The quantitative estimate of drug-likeness (QED) is 0.785. The van der Waals surface area contributed by atoms with Crippen LogP contribution in [0.15, 0.2) is 12.1 Å². The maximum Gasteiger partial charge on any atom is 0.228 e. The van der Waals surface area contributed by atoms with E-state index in [1.807, 2.05) is 12.1 Å². The fraction of sp³-hybridized carbons (Fsp3) is 0.417. The first kappa shape index (κ1) is 9.66. The van der Waals surface area contributed by atoms with Gasteiger partial charge in [0.2, 0.25) is 5.91 Å². The molecule has 1 aromatic rings. The topological polar surface area (TPSA) is 58.6 Å². The molecule has 0 unspecified atom stereocenters. The molecule has 1 heterocycles. The second kappa shape index (κ2) is 2.98. The number of anilines is 1. The highest BCUT2D eigenvalue weighted by Crippen LogP contribution is 2.50. The van der Waals surface area contributed by atoms with Gasteiger partial charge in [0.15, 0.2) is 0 Å². The fourth-order valence-corrected chi connectivity index (χ4v) is 2.19. The molecule has 0 saturated heterocycles. The van der Waals surface area contributed by atoms with Crippen LogP contribution in [0.1, 0.15) is 24.0 Å². The number of rotatable bonds is 2. The van der Waals surface area contributed by atoms with Gasteiger partial charge >= 0.3 is 0 Å². The van der Waals surface area contributed by atoms with Crippen molar-refractivity contribution in [2.75, 3.05) is 12.4 Å². The number of methoxy groups -OCH3 is 1. The smallest absolute Gasteiger partial charge is 0.228 e. The first-order chi connectivity index (χ1) is 7.62. The number of ether oxygens (including phenoxy) is 1. The predicted molar refractivity (Wildman–Crippen MR) is 58.5 cm³/mol. The van der Waals surface area contributed by atoms with Gasteiger partial charge in [0.25, 0.3) is 0 Å². The molecule has 16 heavy (non-hydrogen) atoms. The van der Waals surface area contributed by atoms with Crippen LogP contribution in [0.3, 0.4) is 0 Å². The molecule has 0 radical (unpaired) electrons. The number of hydrogen-bond donors (Lipinski definition) is 2. The van der Waals surface area contributed by atoms with E-state index in [1.165, 1.54) is 0 Å². The summed E-state index contributed by atoms with van der Waals surface area (Å²) < 4.78 is 5.19. The Kier molecular flexibility index (Phi) is 1.80. The van der Waals surface area contributed by atoms with Crippen LogP contribution in [0.2, 0.25) is 0 Å². The minimum absolute atomic E-state index is 0.0197. The Hall–Kier alpha value is -1.55. The average molecular weight is 219 g/mol. The van der Waals surface area contributed by atoms with Crippen molar-refractivity contribution in [1.82, 2.24) is 0 Å². The van der Waals surface area contributed by atoms with E-state index in [-0.39, 0.29) is 5.91 Å². The van der Waals surface area contributed by atoms with Crippen LogP contribution in [0.5, 0.6) is 5.75 Å². The third kappa shape index (κ3) is 1.30. The van der Waals surface area contributed by atoms with E-state index < -0.39 is 5.60 Å². The second-order valence-electron chi connectivity index (χ2n) is 4.47. The number of benzene rings is 1. The lowest BCUT2D eigenvalue weighted by Crippen LogP contribution is -2.10. The van der Waals surface area contributed by atoms with Crippen LogP contribution >= 0.6 is 0 Å². The molecule has 4 nitrogen and oxygen atoms in total. The van der Waals surface area contributed by atoms with Crippen molar-refractivity contribution in [3.63, 3.8) is 0 Å². The molecule has 1 aromatic carbocycles. The summed E-state index contributed by atoms with van der Waals surface area (Å²) in [6.07, 6.45) is 1.88. The molecule has 0 aromatic heterocycles. The Bertz CT molecular complexity index is 477. The molecule has 84 valence electrons. The van der Waals surface area contributed by atoms with Crippen molar-refractivity contribution in [3.8, 4) is 5.75 Å². The van der Waals surface area contributed by atoms with Crippen LogP contribution in [0.4, 0.5) is 5.69 Å². The Balaban J connectivity index is 2.16. The van der Waals surface area contributed by atoms with Gasteiger partial charge in [-0.05, 0) is 30.5 Å². The zero-order valence-electron chi connectivity index (χ0n) is 9.04. The molecular weight excluding hydrogens is 206 g/mol. The Labute approximate surface area is 93.2 Å². The van der Waals surface area contributed by atoms with E-state index in [0.717, 1.165) is 29.7 Å². The molecule has 0 bridgehead atoms. The van der Waals surface area contributed by atoms with Crippen molar-refractivity contribution in [2.45, 2.75) is 24.9 Å². The lowest BCUT2D eigenvalue weighted by Gasteiger charge is -2.15. The highest BCUT2D eigenvalue weighted by molar-refractivity contribution is 6.00. The van der Waals surface area contributed by atoms with E-state index in [1.54, 1.807) is 7.11 Å². The number of amides is 1. The largest absolute Gasteiger partial charge is 0.497 e. The number of carbonyl (C=O) groups is 1. The van der Waals surface area contributed by atoms with Gasteiger partial charge in [0.05, 0.1) is 24.8 Å². The highest BCUT2D eigenvalue weighted by atomic mass is 16.5. The maximum absolute atomic E-state index is 11.4. The summed E-state index contributed by atoms with van der Waals surface area (Å²) in [5.74, 6) is 0.680. The summed E-state index contributed by atoms with van der Waals surface area (Å²) in [6.45, 7) is 0. The van der Waals surface area contributed by atoms with Crippen LogP contribution in [0.25, 0.3) is 0 Å². The van der Waals surface area contributed by atoms with Crippen molar-refractivity contribution in [3.05, 3.63) is 23.3 Å². The minimum atomic E-state index is -0.754. The summed E-state index contributed by atoms with van der Waals surface area (Å²) in [5, 5.41) is 13.0. The Morgan fingerprint density at radius 1 is 1.44 bits per heavy atom. The van der Waals surface area contributed by atoms with Crippen molar-refractivity contribution >= 4 is 11.6 Å². The van der Waals surface area contributed by atoms with Gasteiger partial charge < -0.3 is 15.2 Å². The molecule has 2 N–H and O–H groups in total. The molecular formula is C12H13NO3. The number of nitrogens with one attached hydrogen (secondary N) is 1. The first-order valence-electron chi connectivity index (χ1n) is 5.36. The van der Waals surface area contributed by atoms with Gasteiger partial charge in [-0.1, -0.05) is 0 Å². The molecule has 4 heteroatoms. The number of hydrogen-bond acceptors (Lipinski definition) is 3. The van der Waals surface area contributed by atoms with Crippen molar-refractivity contribution < 1.29 is 14.6 Å². The SMILES string of the molecule is COc1cc2c(c(C3(O)CC3)c1)NC(=O)C2. The third-order valence-electron chi connectivity index (χ3n) is 3.27. The van der Waals surface area contributed by atoms with Crippen molar-refractivity contribution in [2.24, 2.45) is 0 Å². The molecule has 0 atom stereocenters. The van der Waals surface area contributed by atoms with Gasteiger partial charge in [-0.15, -0.1) is 0 Å². The van der Waals surface area contributed by atoms with E-state index >= 15 is 0 Å². The molecule has 1 aliphatic heterocycles. The third-order valence-corrected chi connectivity index (χ3v) is 3.27. The van der Waals surface area contributed by atoms with Crippen LogP contribution < -0.4 is 10.1 Å². The van der Waals surface area contributed by atoms with Crippen LogP contribution in [0, 0.1) is 0 Å². The van der Waals surface area contributed by atoms with Gasteiger partial charge in [0.1, 0.15) is 5.75 Å². The van der Waals surface area contributed by atoms with Gasteiger partial charge in [-0.2, -0.15) is 0 Å². The average Bonchev–Trinajstić information content (AvgIpc) is 2.89. The van der Waals surface area contributed by atoms with E-state index in [0.29, 0.717) is 12.2 Å². The molecule has 2 aliphatic rings. The van der Waals surface area contributed by atoms with E-state index in [2.05, 4.69) is 5.32 Å². The van der Waals surface area contributed by atoms with E-state index in [9.17, 15) is 9.90 Å². The Morgan fingerprint density at radius 3 is 2.81 bits per heavy atom. The zero-order chi connectivity index (χ0) is 11.3. The number of aliphatic hydroxyl groups is 1. The molecule has 3 rings (SSSR count). The standard InChI is InChI=1S/C12H13NO3/c1-16-8-4-7-5-10(14)13-11(7)9(6-8)12(15)2-3-12/h4,6,15H,2-3,5H2,1H3,(H,13,14). The summed E-state index contributed by atoms with van der Waals surface area (Å²) in [4.78, 5) is 11.4. The monoisotopic (exact) mass is 219 g/mol. The lowest BCUT2D eigenvalue weighted by atomic mass is 10.0. The van der Waals surface area contributed by atoms with Gasteiger partial charge in [0, 0.05) is 5.56 Å². The van der Waals surface area contributed by atoms with Crippen LogP contribution in [-0.4, -0.2) is 18.1 Å². The summed E-state index contributed by atoms with van der Waals surface area (Å²) >= 11 is 0. The summed E-state index contributed by atoms with van der Waals surface area (Å²) in [7, 11) is 1.59. The van der Waals surface area contributed by atoms with Gasteiger partial charge in [-0.3, -0.25) is 4.79 Å².